The van der Waals surface area contributed by atoms with Gasteiger partial charge in [-0.05, 0) is 32.1 Å². The van der Waals surface area contributed by atoms with Gasteiger partial charge in [0.2, 0.25) is 11.8 Å². The zero-order chi connectivity index (χ0) is 15.2. The number of hydrogen-bond acceptors (Lipinski definition) is 4. The van der Waals surface area contributed by atoms with E-state index in [2.05, 4.69) is 5.32 Å². The molecule has 0 aromatic carbocycles. The van der Waals surface area contributed by atoms with Crippen molar-refractivity contribution in [3.8, 4) is 0 Å². The molecule has 2 saturated heterocycles. The Labute approximate surface area is 127 Å². The smallest absolute Gasteiger partial charge is 0.305 e. The third kappa shape index (κ3) is 2.75. The van der Waals surface area contributed by atoms with E-state index in [0.717, 1.165) is 19.3 Å². The summed E-state index contributed by atoms with van der Waals surface area (Å²) in [6.45, 7) is 2.01. The molecule has 0 aromatic rings. The van der Waals surface area contributed by atoms with Crippen LogP contribution in [0.1, 0.15) is 39.0 Å². The first-order chi connectivity index (χ1) is 9.90. The summed E-state index contributed by atoms with van der Waals surface area (Å²) in [6, 6.07) is -0.755. The van der Waals surface area contributed by atoms with Crippen LogP contribution in [0.4, 0.5) is 0 Å². The van der Waals surface area contributed by atoms with Crippen molar-refractivity contribution in [2.24, 2.45) is 5.92 Å². The Morgan fingerprint density at radius 1 is 1.52 bits per heavy atom. The highest BCUT2D eigenvalue weighted by atomic mass is 32.2. The zero-order valence-electron chi connectivity index (χ0n) is 12.0. The van der Waals surface area contributed by atoms with Gasteiger partial charge in [0, 0.05) is 18.2 Å². The summed E-state index contributed by atoms with van der Waals surface area (Å²) in [4.78, 5) is 36.9. The van der Waals surface area contributed by atoms with Crippen molar-refractivity contribution < 1.29 is 19.5 Å². The van der Waals surface area contributed by atoms with E-state index >= 15 is 0 Å². The van der Waals surface area contributed by atoms with Gasteiger partial charge in [-0.25, -0.2) is 0 Å². The number of carbonyl (C=O) groups excluding carboxylic acids is 2. The van der Waals surface area contributed by atoms with Crippen molar-refractivity contribution >= 4 is 29.5 Å². The molecule has 21 heavy (non-hydrogen) atoms. The van der Waals surface area contributed by atoms with Gasteiger partial charge in [0.05, 0.1) is 11.3 Å². The van der Waals surface area contributed by atoms with Crippen molar-refractivity contribution in [1.29, 1.82) is 0 Å². The maximum atomic E-state index is 12.5. The van der Waals surface area contributed by atoms with Crippen LogP contribution in [0.15, 0.2) is 0 Å². The first kappa shape index (κ1) is 14.7. The highest BCUT2D eigenvalue weighted by Crippen LogP contribution is 2.47. The average Bonchev–Trinajstić information content (AvgIpc) is 3.12. The number of amides is 2. The molecule has 2 aliphatic heterocycles. The predicted molar refractivity (Wildman–Crippen MR) is 77.6 cm³/mol. The molecule has 116 valence electrons. The largest absolute Gasteiger partial charge is 0.481 e. The van der Waals surface area contributed by atoms with Gasteiger partial charge >= 0.3 is 5.97 Å². The molecule has 6 nitrogen and oxygen atoms in total. The van der Waals surface area contributed by atoms with Crippen LogP contribution in [-0.2, 0) is 14.4 Å². The predicted octanol–water partition coefficient (Wildman–Crippen LogP) is 0.810. The summed E-state index contributed by atoms with van der Waals surface area (Å²) < 4.78 is 0. The molecule has 3 fully saturated rings. The molecule has 3 atom stereocenters. The van der Waals surface area contributed by atoms with Crippen LogP contribution >= 0.6 is 11.8 Å². The third-order valence-corrected chi connectivity index (χ3v) is 6.17. The minimum atomic E-state index is -0.893. The molecular formula is C14H20N2O4S. The number of nitrogens with one attached hydrogen (secondary N) is 1. The lowest BCUT2D eigenvalue weighted by Gasteiger charge is -2.30. The lowest BCUT2D eigenvalue weighted by atomic mass is 10.1. The number of fused-ring (bicyclic) bond motifs is 1. The number of carboxylic acids is 1. The van der Waals surface area contributed by atoms with Crippen LogP contribution in [-0.4, -0.2) is 50.5 Å². The zero-order valence-corrected chi connectivity index (χ0v) is 12.8. The number of aliphatic carboxylic acids is 1. The fraction of sp³-hybridized carbons (Fsp3) is 0.786. The standard InChI is InChI=1S/C14H20N2O4S/c1-14-5-4-11(17)16(14)10(7-21-14)13(20)15-9(6-12(18)19)8-2-3-8/h8-10H,2-7H2,1H3,(H,15,20)(H,18,19). The number of carboxylic acid groups (broad SMARTS) is 1. The summed E-state index contributed by atoms with van der Waals surface area (Å²) in [5.74, 6) is -0.184. The van der Waals surface area contributed by atoms with Gasteiger partial charge < -0.3 is 15.3 Å². The average molecular weight is 312 g/mol. The molecule has 2 amide bonds. The molecule has 3 unspecified atom stereocenters. The maximum Gasteiger partial charge on any atom is 0.305 e. The van der Waals surface area contributed by atoms with Gasteiger partial charge in [0.25, 0.3) is 0 Å². The lowest BCUT2D eigenvalue weighted by molar-refractivity contribution is -0.140. The number of rotatable bonds is 5. The van der Waals surface area contributed by atoms with Gasteiger partial charge in [0.1, 0.15) is 6.04 Å². The number of carbonyl (C=O) groups is 3. The molecular weight excluding hydrogens is 292 g/mol. The number of hydrogen-bond donors (Lipinski definition) is 2. The highest BCUT2D eigenvalue weighted by molar-refractivity contribution is 8.01. The summed E-state index contributed by atoms with van der Waals surface area (Å²) >= 11 is 1.65. The number of nitrogens with zero attached hydrogens (tertiary/aromatic N) is 1. The maximum absolute atomic E-state index is 12.5. The fourth-order valence-corrected chi connectivity index (χ4v) is 4.75. The Morgan fingerprint density at radius 2 is 2.24 bits per heavy atom. The molecule has 3 aliphatic rings. The first-order valence-electron chi connectivity index (χ1n) is 7.39. The van der Waals surface area contributed by atoms with Crippen LogP contribution < -0.4 is 5.32 Å². The molecule has 0 bridgehead atoms. The first-order valence-corrected chi connectivity index (χ1v) is 8.37. The summed E-state index contributed by atoms with van der Waals surface area (Å²) in [6.07, 6.45) is 3.17. The monoisotopic (exact) mass is 312 g/mol. The number of thioether (sulfide) groups is 1. The van der Waals surface area contributed by atoms with E-state index in [1.54, 1.807) is 16.7 Å². The Balaban J connectivity index is 1.67. The second-order valence-electron chi connectivity index (χ2n) is 6.32. The second-order valence-corrected chi connectivity index (χ2v) is 7.82. The van der Waals surface area contributed by atoms with Gasteiger partial charge in [-0.15, -0.1) is 11.8 Å². The van der Waals surface area contributed by atoms with E-state index in [1.165, 1.54) is 0 Å². The van der Waals surface area contributed by atoms with Gasteiger partial charge in [-0.3, -0.25) is 14.4 Å². The minimum Gasteiger partial charge on any atom is -0.481 e. The van der Waals surface area contributed by atoms with Crippen LogP contribution in [0, 0.1) is 5.92 Å². The Hall–Kier alpha value is -1.24. The van der Waals surface area contributed by atoms with E-state index in [9.17, 15) is 14.4 Å². The van der Waals surface area contributed by atoms with E-state index in [1.807, 2.05) is 6.92 Å². The highest BCUT2D eigenvalue weighted by Gasteiger charge is 2.53. The quantitative estimate of drug-likeness (QED) is 0.784. The van der Waals surface area contributed by atoms with Gasteiger partial charge in [-0.1, -0.05) is 0 Å². The van der Waals surface area contributed by atoms with Crippen LogP contribution in [0.3, 0.4) is 0 Å². The van der Waals surface area contributed by atoms with E-state index in [0.29, 0.717) is 12.2 Å². The van der Waals surface area contributed by atoms with Crippen molar-refractivity contribution in [2.45, 2.75) is 56.0 Å². The summed E-state index contributed by atoms with van der Waals surface area (Å²) in [5, 5.41) is 11.8. The van der Waals surface area contributed by atoms with Crippen LogP contribution in [0.25, 0.3) is 0 Å². The minimum absolute atomic E-state index is 0.0313. The molecule has 0 aromatic heterocycles. The Morgan fingerprint density at radius 3 is 2.86 bits per heavy atom. The topological polar surface area (TPSA) is 86.7 Å². The third-order valence-electron chi connectivity index (χ3n) is 4.66. The Bertz CT molecular complexity index is 493. The fourth-order valence-electron chi connectivity index (χ4n) is 3.32. The SMILES string of the molecule is CC12CCC(=O)N1C(C(=O)NC(CC(=O)O)C1CC1)CS2. The molecule has 1 saturated carbocycles. The van der Waals surface area contributed by atoms with E-state index < -0.39 is 12.0 Å². The molecule has 2 heterocycles. The normalized spacial score (nSPS) is 32.9. The summed E-state index contributed by atoms with van der Waals surface area (Å²) in [5.41, 5.74) is 0. The molecule has 2 N–H and O–H groups in total. The molecule has 1 aliphatic carbocycles. The summed E-state index contributed by atoms with van der Waals surface area (Å²) in [7, 11) is 0. The van der Waals surface area contributed by atoms with Gasteiger partial charge in [-0.2, -0.15) is 0 Å². The molecule has 0 radical (unpaired) electrons. The van der Waals surface area contributed by atoms with Crippen molar-refractivity contribution in [2.75, 3.05) is 5.75 Å². The molecule has 3 rings (SSSR count). The lowest BCUT2D eigenvalue weighted by Crippen LogP contribution is -2.52. The van der Waals surface area contributed by atoms with Gasteiger partial charge in [0.15, 0.2) is 0 Å². The van der Waals surface area contributed by atoms with E-state index in [-0.39, 0.29) is 35.1 Å². The van der Waals surface area contributed by atoms with Crippen LogP contribution in [0.5, 0.6) is 0 Å². The van der Waals surface area contributed by atoms with Crippen molar-refractivity contribution in [1.82, 2.24) is 10.2 Å². The molecule has 0 spiro atoms. The van der Waals surface area contributed by atoms with E-state index in [4.69, 9.17) is 5.11 Å². The Kier molecular flexibility index (Phi) is 3.63. The van der Waals surface area contributed by atoms with Crippen LogP contribution in [0.2, 0.25) is 0 Å². The van der Waals surface area contributed by atoms with Crippen molar-refractivity contribution in [3.63, 3.8) is 0 Å². The molecule has 7 heteroatoms. The van der Waals surface area contributed by atoms with Crippen molar-refractivity contribution in [3.05, 3.63) is 0 Å². The second kappa shape index (κ2) is 5.19.